The predicted octanol–water partition coefficient (Wildman–Crippen LogP) is 2.94. The number of benzene rings is 2. The molecule has 5 heteroatoms. The van der Waals surface area contributed by atoms with Crippen molar-refractivity contribution < 1.29 is 14.3 Å². The average Bonchev–Trinajstić information content (AvgIpc) is 2.64. The average molecular weight is 356 g/mol. The molecule has 26 heavy (non-hydrogen) atoms. The van der Waals surface area contributed by atoms with Crippen LogP contribution < -0.4 is 0 Å². The fourth-order valence-electron chi connectivity index (χ4n) is 3.64. The smallest absolute Gasteiger partial charge is 0.244 e. The van der Waals surface area contributed by atoms with Gasteiger partial charge in [0.05, 0.1) is 5.60 Å². The molecule has 0 radical (unpaired) electrons. The molecule has 0 aromatic heterocycles. The van der Waals surface area contributed by atoms with E-state index in [1.807, 2.05) is 30.3 Å². The molecule has 1 fully saturated rings. The van der Waals surface area contributed by atoms with Gasteiger partial charge in [-0.3, -0.25) is 9.69 Å². The quantitative estimate of drug-likeness (QED) is 0.916. The van der Waals surface area contributed by atoms with Gasteiger partial charge in [0, 0.05) is 18.7 Å². The zero-order valence-corrected chi connectivity index (χ0v) is 15.2. The van der Waals surface area contributed by atoms with Crippen LogP contribution in [0.5, 0.6) is 0 Å². The summed E-state index contributed by atoms with van der Waals surface area (Å²) in [5.74, 6) is -0.507. The molecule has 1 heterocycles. The van der Waals surface area contributed by atoms with Crippen molar-refractivity contribution in [1.82, 2.24) is 9.80 Å². The highest BCUT2D eigenvalue weighted by Crippen LogP contribution is 2.34. The standard InChI is InChI=1S/C21H25FN2O2/c1-23(2)19(17-10-6-7-11-18(17)22)20(25)24-14-12-21(26,13-15-24)16-8-4-3-5-9-16/h3-11,19,26H,12-15H2,1-2H3/t19-/m1/s1. The van der Waals surface area contributed by atoms with Crippen LogP contribution in [-0.4, -0.2) is 48.0 Å². The number of likely N-dealkylation sites (N-methyl/N-ethyl adjacent to an activating group) is 1. The van der Waals surface area contributed by atoms with Gasteiger partial charge in [0.2, 0.25) is 5.91 Å². The molecule has 1 aliphatic rings. The Labute approximate surface area is 153 Å². The maximum absolute atomic E-state index is 14.2. The Morgan fingerprint density at radius 2 is 1.65 bits per heavy atom. The second-order valence-corrected chi connectivity index (χ2v) is 7.11. The number of hydrogen-bond donors (Lipinski definition) is 1. The molecule has 0 spiro atoms. The van der Waals surface area contributed by atoms with E-state index in [9.17, 15) is 14.3 Å². The summed E-state index contributed by atoms with van der Waals surface area (Å²) in [6.45, 7) is 0.895. The second kappa shape index (κ2) is 7.56. The lowest BCUT2D eigenvalue weighted by atomic mass is 9.84. The van der Waals surface area contributed by atoms with E-state index in [0.717, 1.165) is 5.56 Å². The first kappa shape index (κ1) is 18.5. The first-order chi connectivity index (χ1) is 12.4. The van der Waals surface area contributed by atoms with Gasteiger partial charge in [0.1, 0.15) is 11.9 Å². The Hall–Kier alpha value is -2.24. The minimum Gasteiger partial charge on any atom is -0.385 e. The Kier molecular flexibility index (Phi) is 5.39. The van der Waals surface area contributed by atoms with E-state index in [1.54, 1.807) is 42.1 Å². The summed E-state index contributed by atoms with van der Waals surface area (Å²) >= 11 is 0. The van der Waals surface area contributed by atoms with Crippen LogP contribution in [0.4, 0.5) is 4.39 Å². The van der Waals surface area contributed by atoms with Crippen LogP contribution in [0.25, 0.3) is 0 Å². The molecule has 1 atom stereocenters. The minimum absolute atomic E-state index is 0.129. The lowest BCUT2D eigenvalue weighted by Gasteiger charge is -2.40. The zero-order valence-electron chi connectivity index (χ0n) is 15.2. The summed E-state index contributed by atoms with van der Waals surface area (Å²) in [5.41, 5.74) is 0.348. The first-order valence-electron chi connectivity index (χ1n) is 8.90. The third kappa shape index (κ3) is 3.64. The number of aliphatic hydroxyl groups is 1. The van der Waals surface area contributed by atoms with Gasteiger partial charge in [-0.25, -0.2) is 4.39 Å². The third-order valence-electron chi connectivity index (χ3n) is 5.16. The Balaban J connectivity index is 1.76. The highest BCUT2D eigenvalue weighted by Gasteiger charge is 2.38. The van der Waals surface area contributed by atoms with Crippen molar-refractivity contribution in [2.24, 2.45) is 0 Å². The van der Waals surface area contributed by atoms with Crippen LogP contribution in [-0.2, 0) is 10.4 Å². The van der Waals surface area contributed by atoms with E-state index in [0.29, 0.717) is 31.5 Å². The van der Waals surface area contributed by atoms with Gasteiger partial charge in [-0.2, -0.15) is 0 Å². The Bertz CT molecular complexity index is 756. The third-order valence-corrected chi connectivity index (χ3v) is 5.16. The van der Waals surface area contributed by atoms with E-state index in [1.165, 1.54) is 6.07 Å². The molecule has 0 bridgehead atoms. The van der Waals surface area contributed by atoms with Gasteiger partial charge in [0.15, 0.2) is 0 Å². The number of rotatable bonds is 4. The summed E-state index contributed by atoms with van der Waals surface area (Å²) < 4.78 is 14.2. The number of nitrogens with zero attached hydrogens (tertiary/aromatic N) is 2. The summed E-state index contributed by atoms with van der Waals surface area (Å²) in [6.07, 6.45) is 0.945. The first-order valence-corrected chi connectivity index (χ1v) is 8.90. The number of likely N-dealkylation sites (tertiary alicyclic amines) is 1. The van der Waals surface area contributed by atoms with Crippen LogP contribution in [0.2, 0.25) is 0 Å². The monoisotopic (exact) mass is 356 g/mol. The maximum atomic E-state index is 14.2. The Morgan fingerprint density at radius 1 is 1.08 bits per heavy atom. The summed E-state index contributed by atoms with van der Waals surface area (Å²) in [5, 5.41) is 10.9. The van der Waals surface area contributed by atoms with Crippen molar-refractivity contribution in [3.05, 3.63) is 71.5 Å². The fraction of sp³-hybridized carbons (Fsp3) is 0.381. The normalized spacial score (nSPS) is 18.0. The summed E-state index contributed by atoms with van der Waals surface area (Å²) in [7, 11) is 3.55. The predicted molar refractivity (Wildman–Crippen MR) is 99.0 cm³/mol. The molecule has 0 saturated carbocycles. The van der Waals surface area contributed by atoms with E-state index < -0.39 is 11.6 Å². The molecule has 4 nitrogen and oxygen atoms in total. The number of carbonyl (C=O) groups excluding carboxylic acids is 1. The molecule has 3 rings (SSSR count). The SMILES string of the molecule is CN(C)[C@@H](C(=O)N1CCC(O)(c2ccccc2)CC1)c1ccccc1F. The molecule has 0 aliphatic carbocycles. The maximum Gasteiger partial charge on any atom is 0.244 e. The number of amides is 1. The van der Waals surface area contributed by atoms with E-state index in [-0.39, 0.29) is 11.7 Å². The second-order valence-electron chi connectivity index (χ2n) is 7.11. The van der Waals surface area contributed by atoms with Crippen LogP contribution in [0.3, 0.4) is 0 Å². The topological polar surface area (TPSA) is 43.8 Å². The fourth-order valence-corrected chi connectivity index (χ4v) is 3.64. The molecule has 1 saturated heterocycles. The lowest BCUT2D eigenvalue weighted by Crippen LogP contribution is -2.48. The molecule has 2 aromatic rings. The molecule has 0 unspecified atom stereocenters. The molecule has 138 valence electrons. The summed E-state index contributed by atoms with van der Waals surface area (Å²) in [6, 6.07) is 15.3. The van der Waals surface area contributed by atoms with Crippen LogP contribution in [0.15, 0.2) is 54.6 Å². The molecule has 1 aliphatic heterocycles. The zero-order chi connectivity index (χ0) is 18.7. The number of hydrogen-bond acceptors (Lipinski definition) is 3. The molecule has 1 amide bonds. The highest BCUT2D eigenvalue weighted by atomic mass is 19.1. The number of piperidine rings is 1. The van der Waals surface area contributed by atoms with E-state index in [4.69, 9.17) is 0 Å². The van der Waals surface area contributed by atoms with Crippen LogP contribution in [0, 0.1) is 5.82 Å². The molecule has 2 aromatic carbocycles. The summed E-state index contributed by atoms with van der Waals surface area (Å²) in [4.78, 5) is 16.5. The van der Waals surface area contributed by atoms with Gasteiger partial charge >= 0.3 is 0 Å². The molecular weight excluding hydrogens is 331 g/mol. The van der Waals surface area contributed by atoms with Crippen molar-refractivity contribution in [2.75, 3.05) is 27.2 Å². The van der Waals surface area contributed by atoms with Gasteiger partial charge in [-0.1, -0.05) is 48.5 Å². The van der Waals surface area contributed by atoms with E-state index >= 15 is 0 Å². The van der Waals surface area contributed by atoms with Gasteiger partial charge in [0.25, 0.3) is 0 Å². The van der Waals surface area contributed by atoms with Gasteiger partial charge < -0.3 is 10.0 Å². The number of carbonyl (C=O) groups is 1. The van der Waals surface area contributed by atoms with E-state index in [2.05, 4.69) is 0 Å². The largest absolute Gasteiger partial charge is 0.385 e. The minimum atomic E-state index is -0.913. The molecular formula is C21H25FN2O2. The molecule has 1 N–H and O–H groups in total. The van der Waals surface area contributed by atoms with Crippen molar-refractivity contribution in [3.63, 3.8) is 0 Å². The van der Waals surface area contributed by atoms with Crippen LogP contribution >= 0.6 is 0 Å². The number of halogens is 1. The Morgan fingerprint density at radius 3 is 2.23 bits per heavy atom. The van der Waals surface area contributed by atoms with Crippen molar-refractivity contribution in [2.45, 2.75) is 24.5 Å². The van der Waals surface area contributed by atoms with Gasteiger partial charge in [-0.15, -0.1) is 0 Å². The lowest BCUT2D eigenvalue weighted by molar-refractivity contribution is -0.141. The van der Waals surface area contributed by atoms with Gasteiger partial charge in [-0.05, 0) is 38.6 Å². The van der Waals surface area contributed by atoms with Crippen LogP contribution in [0.1, 0.15) is 30.0 Å². The van der Waals surface area contributed by atoms with Crippen molar-refractivity contribution in [3.8, 4) is 0 Å². The highest BCUT2D eigenvalue weighted by molar-refractivity contribution is 5.83. The van der Waals surface area contributed by atoms with Crippen molar-refractivity contribution in [1.29, 1.82) is 0 Å². The van der Waals surface area contributed by atoms with Crippen molar-refractivity contribution >= 4 is 5.91 Å².